The Bertz CT molecular complexity index is 327. The maximum absolute atomic E-state index is 12.3. The smallest absolute Gasteiger partial charge is 0.166 e. The SMILES string of the molecule is CCC(c1ccc(C(F)(F)F)cc1)C(C)Cl. The minimum atomic E-state index is -4.27. The summed E-state index contributed by atoms with van der Waals surface area (Å²) < 4.78 is 37.0. The van der Waals surface area contributed by atoms with E-state index in [0.717, 1.165) is 24.1 Å². The third kappa shape index (κ3) is 3.14. The fourth-order valence-electron chi connectivity index (χ4n) is 1.74. The summed E-state index contributed by atoms with van der Waals surface area (Å²) in [6.07, 6.45) is -3.46. The van der Waals surface area contributed by atoms with Crippen LogP contribution in [0.1, 0.15) is 37.3 Å². The number of hydrogen-bond donors (Lipinski definition) is 0. The average Bonchev–Trinajstić information content (AvgIpc) is 2.17. The summed E-state index contributed by atoms with van der Waals surface area (Å²) in [5, 5.41) is -0.0817. The van der Waals surface area contributed by atoms with E-state index in [9.17, 15) is 13.2 Å². The van der Waals surface area contributed by atoms with Crippen molar-refractivity contribution >= 4 is 11.6 Å². The van der Waals surface area contributed by atoms with Crippen LogP contribution in [0.5, 0.6) is 0 Å². The van der Waals surface area contributed by atoms with Gasteiger partial charge in [0.1, 0.15) is 0 Å². The molecule has 0 radical (unpaired) electrons. The normalized spacial score (nSPS) is 15.9. The Kier molecular flexibility index (Phi) is 4.25. The highest BCUT2D eigenvalue weighted by atomic mass is 35.5. The van der Waals surface area contributed by atoms with Gasteiger partial charge in [0.25, 0.3) is 0 Å². The van der Waals surface area contributed by atoms with Crippen LogP contribution < -0.4 is 0 Å². The molecule has 0 nitrogen and oxygen atoms in total. The lowest BCUT2D eigenvalue weighted by atomic mass is 9.93. The highest BCUT2D eigenvalue weighted by Crippen LogP contribution is 2.32. The first-order valence-corrected chi connectivity index (χ1v) is 5.61. The van der Waals surface area contributed by atoms with Crippen LogP contribution in [0.3, 0.4) is 0 Å². The maximum Gasteiger partial charge on any atom is 0.416 e. The zero-order valence-electron chi connectivity index (χ0n) is 9.18. The minimum Gasteiger partial charge on any atom is -0.166 e. The second-order valence-electron chi connectivity index (χ2n) is 3.81. The van der Waals surface area contributed by atoms with E-state index in [-0.39, 0.29) is 11.3 Å². The van der Waals surface area contributed by atoms with Crippen molar-refractivity contribution in [1.29, 1.82) is 0 Å². The van der Waals surface area contributed by atoms with E-state index in [1.807, 2.05) is 13.8 Å². The third-order valence-corrected chi connectivity index (χ3v) is 2.96. The maximum atomic E-state index is 12.3. The zero-order chi connectivity index (χ0) is 12.3. The Morgan fingerprint density at radius 2 is 1.69 bits per heavy atom. The van der Waals surface area contributed by atoms with Gasteiger partial charge in [-0.25, -0.2) is 0 Å². The molecule has 0 aromatic heterocycles. The van der Waals surface area contributed by atoms with E-state index >= 15 is 0 Å². The van der Waals surface area contributed by atoms with Gasteiger partial charge >= 0.3 is 6.18 Å². The summed E-state index contributed by atoms with van der Waals surface area (Å²) in [5.41, 5.74) is 0.242. The van der Waals surface area contributed by atoms with Gasteiger partial charge in [0.15, 0.2) is 0 Å². The summed E-state index contributed by atoms with van der Waals surface area (Å²) in [6, 6.07) is 5.24. The van der Waals surface area contributed by atoms with Crippen molar-refractivity contribution in [3.8, 4) is 0 Å². The fraction of sp³-hybridized carbons (Fsp3) is 0.500. The monoisotopic (exact) mass is 250 g/mol. The number of alkyl halides is 4. The van der Waals surface area contributed by atoms with Gasteiger partial charge < -0.3 is 0 Å². The molecule has 4 heteroatoms. The molecule has 0 aliphatic rings. The van der Waals surface area contributed by atoms with Crippen molar-refractivity contribution in [2.45, 2.75) is 37.7 Å². The second kappa shape index (κ2) is 5.09. The van der Waals surface area contributed by atoms with E-state index in [4.69, 9.17) is 11.6 Å². The fourth-order valence-corrected chi connectivity index (χ4v) is 2.07. The molecular formula is C12H14ClF3. The molecule has 0 bridgehead atoms. The van der Waals surface area contributed by atoms with Crippen LogP contribution in [-0.2, 0) is 6.18 Å². The van der Waals surface area contributed by atoms with Crippen molar-refractivity contribution < 1.29 is 13.2 Å². The van der Waals surface area contributed by atoms with E-state index in [1.54, 1.807) is 0 Å². The van der Waals surface area contributed by atoms with E-state index in [2.05, 4.69) is 0 Å². The Hall–Kier alpha value is -0.700. The third-order valence-electron chi connectivity index (χ3n) is 2.66. The molecule has 0 amide bonds. The quantitative estimate of drug-likeness (QED) is 0.675. The lowest BCUT2D eigenvalue weighted by Gasteiger charge is -2.18. The zero-order valence-corrected chi connectivity index (χ0v) is 9.94. The molecule has 1 rings (SSSR count). The lowest BCUT2D eigenvalue weighted by molar-refractivity contribution is -0.137. The predicted octanol–water partition coefficient (Wildman–Crippen LogP) is 4.83. The van der Waals surface area contributed by atoms with Gasteiger partial charge in [-0.1, -0.05) is 19.1 Å². The lowest BCUT2D eigenvalue weighted by Crippen LogP contribution is -2.09. The molecule has 0 aliphatic heterocycles. The largest absolute Gasteiger partial charge is 0.416 e. The van der Waals surface area contributed by atoms with Gasteiger partial charge in [0.2, 0.25) is 0 Å². The summed E-state index contributed by atoms with van der Waals surface area (Å²) in [5.74, 6) is 0.101. The number of hydrogen-bond acceptors (Lipinski definition) is 0. The highest BCUT2D eigenvalue weighted by molar-refractivity contribution is 6.20. The Labute approximate surface area is 98.4 Å². The van der Waals surface area contributed by atoms with Gasteiger partial charge in [0.05, 0.1) is 5.56 Å². The van der Waals surface area contributed by atoms with Crippen molar-refractivity contribution in [2.75, 3.05) is 0 Å². The second-order valence-corrected chi connectivity index (χ2v) is 4.50. The molecule has 2 atom stereocenters. The summed E-state index contributed by atoms with van der Waals surface area (Å²) >= 11 is 5.99. The standard InChI is InChI=1S/C12H14ClF3/c1-3-11(8(2)13)9-4-6-10(7-5-9)12(14,15)16/h4-8,11H,3H2,1-2H3. The topological polar surface area (TPSA) is 0 Å². The Balaban J connectivity index is 2.94. The van der Waals surface area contributed by atoms with Crippen molar-refractivity contribution in [3.63, 3.8) is 0 Å². The van der Waals surface area contributed by atoms with Gasteiger partial charge in [-0.2, -0.15) is 13.2 Å². The molecule has 16 heavy (non-hydrogen) atoms. The molecule has 0 fully saturated rings. The van der Waals surface area contributed by atoms with Crippen LogP contribution in [0, 0.1) is 0 Å². The number of benzene rings is 1. The number of rotatable bonds is 3. The van der Waals surface area contributed by atoms with Gasteiger partial charge in [-0.3, -0.25) is 0 Å². The van der Waals surface area contributed by atoms with Gasteiger partial charge in [0, 0.05) is 5.38 Å². The van der Waals surface area contributed by atoms with Crippen LogP contribution in [0.2, 0.25) is 0 Å². The van der Waals surface area contributed by atoms with E-state index in [0.29, 0.717) is 0 Å². The first-order chi connectivity index (χ1) is 7.36. The van der Waals surface area contributed by atoms with Crippen LogP contribution in [0.4, 0.5) is 13.2 Å². The molecule has 1 aromatic carbocycles. The Morgan fingerprint density at radius 1 is 1.19 bits per heavy atom. The van der Waals surface area contributed by atoms with E-state index < -0.39 is 11.7 Å². The van der Waals surface area contributed by atoms with Crippen molar-refractivity contribution in [3.05, 3.63) is 35.4 Å². The summed E-state index contributed by atoms with van der Waals surface area (Å²) in [6.45, 7) is 3.83. The van der Waals surface area contributed by atoms with Crippen LogP contribution in [0.25, 0.3) is 0 Å². The molecule has 90 valence electrons. The van der Waals surface area contributed by atoms with Crippen LogP contribution in [0.15, 0.2) is 24.3 Å². The van der Waals surface area contributed by atoms with Gasteiger partial charge in [-0.05, 0) is 37.0 Å². The highest BCUT2D eigenvalue weighted by Gasteiger charge is 2.30. The summed E-state index contributed by atoms with van der Waals surface area (Å²) in [4.78, 5) is 0. The predicted molar refractivity (Wildman–Crippen MR) is 59.8 cm³/mol. The van der Waals surface area contributed by atoms with Gasteiger partial charge in [-0.15, -0.1) is 11.6 Å². The molecule has 2 unspecified atom stereocenters. The molecule has 0 saturated heterocycles. The van der Waals surface area contributed by atoms with E-state index in [1.165, 1.54) is 12.1 Å². The minimum absolute atomic E-state index is 0.0817. The average molecular weight is 251 g/mol. The molecule has 0 N–H and O–H groups in total. The molecule has 0 spiro atoms. The molecule has 1 aromatic rings. The molecule has 0 aliphatic carbocycles. The number of halogens is 4. The van der Waals surface area contributed by atoms with Crippen LogP contribution in [-0.4, -0.2) is 5.38 Å². The van der Waals surface area contributed by atoms with Crippen molar-refractivity contribution in [1.82, 2.24) is 0 Å². The van der Waals surface area contributed by atoms with Crippen LogP contribution >= 0.6 is 11.6 Å². The molecular weight excluding hydrogens is 237 g/mol. The molecule has 0 saturated carbocycles. The molecule has 0 heterocycles. The first kappa shape index (κ1) is 13.4. The first-order valence-electron chi connectivity index (χ1n) is 5.17. The summed E-state index contributed by atoms with van der Waals surface area (Å²) in [7, 11) is 0. The Morgan fingerprint density at radius 3 is 2.00 bits per heavy atom. The van der Waals surface area contributed by atoms with Crippen molar-refractivity contribution in [2.24, 2.45) is 0 Å².